The molecule has 0 fully saturated rings. The fraction of sp³-hybridized carbons (Fsp3) is 0.0588. The molecule has 5 aromatic rings. The van der Waals surface area contributed by atoms with Crippen LogP contribution in [0.1, 0.15) is 22.3 Å². The summed E-state index contributed by atoms with van der Waals surface area (Å²) >= 11 is 4.08. The van der Waals surface area contributed by atoms with E-state index < -0.39 is 0 Å². The van der Waals surface area contributed by atoms with Crippen molar-refractivity contribution in [1.82, 2.24) is 0 Å². The van der Waals surface area contributed by atoms with Crippen LogP contribution in [0.3, 0.4) is 0 Å². The quantitative estimate of drug-likeness (QED) is 0.0866. The van der Waals surface area contributed by atoms with Gasteiger partial charge in [0.1, 0.15) is 0 Å². The van der Waals surface area contributed by atoms with Crippen molar-refractivity contribution in [2.45, 2.75) is 0 Å². The standard InChI is InChI=1S/C34H22I2N2O2/c35-21-33(39)37-25-15-9-23(10-16-25)13-19-31-27-5-1-2-6-28(27)32(30-8-4-3-7-29(30)31)20-14-24-11-17-26(18-12-24)38-34(40)22-36/h1-12,15-18H,21-22H2,(H,37,39)(H,38,40). The first-order valence-electron chi connectivity index (χ1n) is 12.4. The molecule has 0 radical (unpaired) electrons. The maximum Gasteiger partial charge on any atom is 0.234 e. The minimum atomic E-state index is -0.0298. The third kappa shape index (κ3) is 6.47. The Hall–Kier alpha value is -3.86. The van der Waals surface area contributed by atoms with Crippen LogP contribution in [0.25, 0.3) is 21.5 Å². The van der Waals surface area contributed by atoms with Crippen LogP contribution in [0, 0.1) is 23.7 Å². The lowest BCUT2D eigenvalue weighted by Crippen LogP contribution is -2.11. The van der Waals surface area contributed by atoms with Gasteiger partial charge in [0.2, 0.25) is 11.8 Å². The summed E-state index contributed by atoms with van der Waals surface area (Å²) in [7, 11) is 0. The van der Waals surface area contributed by atoms with E-state index in [1.807, 2.05) is 118 Å². The Labute approximate surface area is 260 Å². The first kappa shape index (κ1) is 27.7. The van der Waals surface area contributed by atoms with Gasteiger partial charge in [-0.05, 0) is 70.1 Å². The Bertz CT molecular complexity index is 1660. The Morgan fingerprint density at radius 3 is 1.12 bits per heavy atom. The molecule has 6 heteroatoms. The highest BCUT2D eigenvalue weighted by atomic mass is 127. The molecule has 0 aliphatic rings. The lowest BCUT2D eigenvalue weighted by atomic mass is 9.92. The summed E-state index contributed by atoms with van der Waals surface area (Å²) < 4.78 is 0.815. The number of rotatable bonds is 4. The van der Waals surface area contributed by atoms with Gasteiger partial charge in [-0.3, -0.25) is 9.59 Å². The van der Waals surface area contributed by atoms with Crippen molar-refractivity contribution in [2.75, 3.05) is 19.5 Å². The average Bonchev–Trinajstić information content (AvgIpc) is 3.00. The zero-order valence-electron chi connectivity index (χ0n) is 21.2. The van der Waals surface area contributed by atoms with Gasteiger partial charge in [0, 0.05) is 33.6 Å². The first-order chi connectivity index (χ1) is 19.6. The molecular formula is C34H22I2N2O2. The van der Waals surface area contributed by atoms with Crippen molar-refractivity contribution >= 4 is 89.9 Å². The van der Waals surface area contributed by atoms with Crippen molar-refractivity contribution in [3.63, 3.8) is 0 Å². The zero-order valence-corrected chi connectivity index (χ0v) is 25.5. The summed E-state index contributed by atoms with van der Waals surface area (Å²) in [5, 5.41) is 9.89. The number of halogens is 2. The molecule has 0 aliphatic carbocycles. The number of carbonyl (C=O) groups excluding carboxylic acids is 2. The zero-order chi connectivity index (χ0) is 27.9. The van der Waals surface area contributed by atoms with E-state index in [1.165, 1.54) is 0 Å². The van der Waals surface area contributed by atoms with Crippen molar-refractivity contribution < 1.29 is 9.59 Å². The van der Waals surface area contributed by atoms with Gasteiger partial charge < -0.3 is 10.6 Å². The maximum absolute atomic E-state index is 11.7. The lowest BCUT2D eigenvalue weighted by molar-refractivity contribution is -0.114. The van der Waals surface area contributed by atoms with Gasteiger partial charge in [0.25, 0.3) is 0 Å². The molecule has 0 aromatic heterocycles. The molecule has 5 rings (SSSR count). The maximum atomic E-state index is 11.7. The van der Waals surface area contributed by atoms with Gasteiger partial charge in [0.05, 0.1) is 8.86 Å². The predicted octanol–water partition coefficient (Wildman–Crippen LogP) is 7.54. The van der Waals surface area contributed by atoms with Crippen LogP contribution in [0.15, 0.2) is 97.1 Å². The number of anilines is 2. The number of benzene rings is 5. The average molecular weight is 744 g/mol. The van der Waals surface area contributed by atoms with Gasteiger partial charge in [-0.1, -0.05) is 117 Å². The molecule has 2 N–H and O–H groups in total. The Morgan fingerprint density at radius 2 is 0.825 bits per heavy atom. The van der Waals surface area contributed by atoms with Crippen molar-refractivity contribution in [1.29, 1.82) is 0 Å². The summed E-state index contributed by atoms with van der Waals surface area (Å²) in [4.78, 5) is 23.3. The van der Waals surface area contributed by atoms with Gasteiger partial charge in [-0.25, -0.2) is 0 Å². The number of hydrogen-bond acceptors (Lipinski definition) is 2. The van der Waals surface area contributed by atoms with Crippen LogP contribution in [-0.4, -0.2) is 20.7 Å². The molecule has 0 spiro atoms. The highest BCUT2D eigenvalue weighted by molar-refractivity contribution is 14.1. The second kappa shape index (κ2) is 13.0. The van der Waals surface area contributed by atoms with Crippen LogP contribution in [0.5, 0.6) is 0 Å². The van der Waals surface area contributed by atoms with Crippen LogP contribution in [-0.2, 0) is 9.59 Å². The number of amides is 2. The highest BCUT2D eigenvalue weighted by Gasteiger charge is 2.11. The van der Waals surface area contributed by atoms with E-state index in [0.717, 1.165) is 55.2 Å². The van der Waals surface area contributed by atoms with Crippen LogP contribution < -0.4 is 10.6 Å². The molecule has 0 atom stereocenters. The van der Waals surface area contributed by atoms with Crippen molar-refractivity contribution in [2.24, 2.45) is 0 Å². The second-order valence-electron chi connectivity index (χ2n) is 8.86. The molecule has 0 aliphatic heterocycles. The predicted molar refractivity (Wildman–Crippen MR) is 181 cm³/mol. The van der Waals surface area contributed by atoms with E-state index in [-0.39, 0.29) is 11.8 Å². The number of nitrogens with one attached hydrogen (secondary N) is 2. The molecular weight excluding hydrogens is 722 g/mol. The number of hydrogen-bond donors (Lipinski definition) is 2. The van der Waals surface area contributed by atoms with E-state index in [0.29, 0.717) is 8.86 Å². The van der Waals surface area contributed by atoms with Crippen LogP contribution in [0.2, 0.25) is 0 Å². The van der Waals surface area contributed by atoms with E-state index in [2.05, 4.69) is 58.6 Å². The van der Waals surface area contributed by atoms with E-state index in [4.69, 9.17) is 0 Å². The molecule has 4 nitrogen and oxygen atoms in total. The summed E-state index contributed by atoms with van der Waals surface area (Å²) in [5.41, 5.74) is 5.14. The molecule has 40 heavy (non-hydrogen) atoms. The summed E-state index contributed by atoms with van der Waals surface area (Å²) in [6, 6.07) is 31.6. The third-order valence-corrected chi connectivity index (χ3v) is 7.56. The molecule has 0 unspecified atom stereocenters. The largest absolute Gasteiger partial charge is 0.325 e. The topological polar surface area (TPSA) is 58.2 Å². The third-order valence-electron chi connectivity index (χ3n) is 6.18. The Balaban J connectivity index is 1.55. The normalized spacial score (nSPS) is 10.2. The smallest absolute Gasteiger partial charge is 0.234 e. The van der Waals surface area contributed by atoms with E-state index >= 15 is 0 Å². The fourth-order valence-corrected chi connectivity index (χ4v) is 4.71. The van der Waals surface area contributed by atoms with Crippen LogP contribution >= 0.6 is 45.2 Å². The van der Waals surface area contributed by atoms with Crippen LogP contribution in [0.4, 0.5) is 11.4 Å². The van der Waals surface area contributed by atoms with Gasteiger partial charge in [-0.2, -0.15) is 0 Å². The number of carbonyl (C=O) groups is 2. The van der Waals surface area contributed by atoms with Crippen molar-refractivity contribution in [3.8, 4) is 23.7 Å². The summed E-state index contributed by atoms with van der Waals surface area (Å²) in [6.07, 6.45) is 0. The molecule has 5 aromatic carbocycles. The molecule has 0 saturated carbocycles. The Kier molecular flexibility index (Phi) is 9.00. The Morgan fingerprint density at radius 1 is 0.500 bits per heavy atom. The van der Waals surface area contributed by atoms with Gasteiger partial charge in [-0.15, -0.1) is 0 Å². The summed E-state index contributed by atoms with van der Waals surface area (Å²) in [6.45, 7) is 0. The highest BCUT2D eigenvalue weighted by Crippen LogP contribution is 2.32. The lowest BCUT2D eigenvalue weighted by Gasteiger charge is -2.10. The fourth-order valence-electron chi connectivity index (χ4n) is 4.33. The molecule has 194 valence electrons. The SMILES string of the molecule is O=C(CI)Nc1ccc(C#Cc2c3ccccc3c(C#Cc3ccc(NC(=O)CI)cc3)c3ccccc23)cc1. The number of alkyl halides is 2. The minimum Gasteiger partial charge on any atom is -0.325 e. The molecule has 0 heterocycles. The van der Waals surface area contributed by atoms with Crippen molar-refractivity contribution in [3.05, 3.63) is 119 Å². The number of fused-ring (bicyclic) bond motifs is 2. The molecule has 0 saturated heterocycles. The summed E-state index contributed by atoms with van der Waals surface area (Å²) in [5.74, 6) is 13.4. The van der Waals surface area contributed by atoms with E-state index in [9.17, 15) is 9.59 Å². The molecule has 2 amide bonds. The molecule has 0 bridgehead atoms. The second-order valence-corrected chi connectivity index (χ2v) is 10.4. The first-order valence-corrected chi connectivity index (χ1v) is 15.5. The van der Waals surface area contributed by atoms with Gasteiger partial charge in [0.15, 0.2) is 0 Å². The monoisotopic (exact) mass is 744 g/mol. The van der Waals surface area contributed by atoms with Gasteiger partial charge >= 0.3 is 0 Å². The van der Waals surface area contributed by atoms with E-state index in [1.54, 1.807) is 0 Å². The minimum absolute atomic E-state index is 0.0298.